The van der Waals surface area contributed by atoms with Gasteiger partial charge in [0.05, 0.1) is 12.1 Å². The molecule has 2 aliphatic rings. The number of guanidine groups is 1. The van der Waals surface area contributed by atoms with Crippen molar-refractivity contribution in [3.8, 4) is 0 Å². The van der Waals surface area contributed by atoms with Crippen LogP contribution in [0, 0.1) is 0 Å². The molecule has 4 nitrogen and oxygen atoms in total. The maximum Gasteiger partial charge on any atom is 0.188 e. The number of rotatable bonds is 4. The fraction of sp³-hybridized carbons (Fsp3) is 0.929. The summed E-state index contributed by atoms with van der Waals surface area (Å²) in [7, 11) is 1.78. The van der Waals surface area contributed by atoms with Crippen LogP contribution in [0.1, 0.15) is 57.8 Å². The molecule has 0 bridgehead atoms. The van der Waals surface area contributed by atoms with Gasteiger partial charge in [0.2, 0.25) is 0 Å². The van der Waals surface area contributed by atoms with Gasteiger partial charge in [0.15, 0.2) is 5.96 Å². The molecule has 0 amide bonds. The molecule has 0 spiro atoms. The molecule has 5 heteroatoms. The van der Waals surface area contributed by atoms with Gasteiger partial charge in [0.1, 0.15) is 0 Å². The van der Waals surface area contributed by atoms with Crippen molar-refractivity contribution in [1.29, 1.82) is 0 Å². The van der Waals surface area contributed by atoms with Crippen molar-refractivity contribution in [2.45, 2.75) is 69.4 Å². The smallest absolute Gasteiger partial charge is 0.188 e. The average molecular weight is 381 g/mol. The number of hydrogen-bond donors (Lipinski definition) is 2. The van der Waals surface area contributed by atoms with Crippen LogP contribution in [0.3, 0.4) is 0 Å². The van der Waals surface area contributed by atoms with E-state index in [0.29, 0.717) is 18.5 Å². The summed E-state index contributed by atoms with van der Waals surface area (Å²) in [5.74, 6) is 0.602. The number of ether oxygens (including phenoxy) is 1. The average Bonchev–Trinajstić information content (AvgIpc) is 2.57. The van der Waals surface area contributed by atoms with E-state index >= 15 is 0 Å². The maximum atomic E-state index is 5.98. The Bertz CT molecular complexity index is 279. The van der Waals surface area contributed by atoms with Crippen LogP contribution in [-0.2, 0) is 4.74 Å². The summed E-state index contributed by atoms with van der Waals surface area (Å²) in [6, 6.07) is 0.524. The van der Waals surface area contributed by atoms with E-state index in [4.69, 9.17) is 10.5 Å². The molecule has 0 aromatic rings. The summed E-state index contributed by atoms with van der Waals surface area (Å²) < 4.78 is 5.54. The maximum absolute atomic E-state index is 5.98. The van der Waals surface area contributed by atoms with Gasteiger partial charge in [0.25, 0.3) is 0 Å². The van der Waals surface area contributed by atoms with Gasteiger partial charge in [-0.2, -0.15) is 0 Å². The van der Waals surface area contributed by atoms with Gasteiger partial charge in [-0.25, -0.2) is 0 Å². The zero-order chi connectivity index (χ0) is 12.8. The normalized spacial score (nSPS) is 23.9. The summed E-state index contributed by atoms with van der Waals surface area (Å²) in [5, 5.41) is 3.38. The topological polar surface area (TPSA) is 59.6 Å². The predicted octanol–water partition coefficient (Wildman–Crippen LogP) is 2.80. The van der Waals surface area contributed by atoms with Crippen LogP contribution in [0.25, 0.3) is 0 Å². The Morgan fingerprint density at radius 2 is 1.84 bits per heavy atom. The fourth-order valence-corrected chi connectivity index (χ4v) is 2.91. The minimum atomic E-state index is -0.0181. The number of aliphatic imine (C=N–C) groups is 1. The Kier molecular flexibility index (Phi) is 7.42. The SMILES string of the molecule is COC1(CN=C(N)NC2CCCCCC2)CCC1.I. The Morgan fingerprint density at radius 3 is 2.32 bits per heavy atom. The Balaban J connectivity index is 0.00000180. The first-order chi connectivity index (χ1) is 8.74. The predicted molar refractivity (Wildman–Crippen MR) is 90.1 cm³/mol. The third-order valence-electron chi connectivity index (χ3n) is 4.44. The first-order valence-corrected chi connectivity index (χ1v) is 7.36. The van der Waals surface area contributed by atoms with Crippen molar-refractivity contribution < 1.29 is 4.74 Å². The van der Waals surface area contributed by atoms with Crippen LogP contribution < -0.4 is 11.1 Å². The quantitative estimate of drug-likeness (QED) is 0.341. The summed E-state index contributed by atoms with van der Waals surface area (Å²) in [6.45, 7) is 0.703. The molecule has 0 aromatic carbocycles. The van der Waals surface area contributed by atoms with Crippen molar-refractivity contribution in [1.82, 2.24) is 5.32 Å². The highest BCUT2D eigenvalue weighted by atomic mass is 127. The van der Waals surface area contributed by atoms with Gasteiger partial charge < -0.3 is 15.8 Å². The largest absolute Gasteiger partial charge is 0.376 e. The highest BCUT2D eigenvalue weighted by molar-refractivity contribution is 14.0. The van der Waals surface area contributed by atoms with Gasteiger partial charge in [-0.15, -0.1) is 24.0 Å². The minimum absolute atomic E-state index is 0. The lowest BCUT2D eigenvalue weighted by Gasteiger charge is -2.39. The van der Waals surface area contributed by atoms with Crippen molar-refractivity contribution in [2.75, 3.05) is 13.7 Å². The van der Waals surface area contributed by atoms with Gasteiger partial charge in [-0.05, 0) is 32.1 Å². The zero-order valence-corrected chi connectivity index (χ0v) is 14.3. The summed E-state index contributed by atoms with van der Waals surface area (Å²) in [5.41, 5.74) is 5.96. The van der Waals surface area contributed by atoms with Crippen molar-refractivity contribution in [3.63, 3.8) is 0 Å². The minimum Gasteiger partial charge on any atom is -0.376 e. The number of nitrogens with zero attached hydrogens (tertiary/aromatic N) is 1. The van der Waals surface area contributed by atoms with E-state index in [1.807, 2.05) is 0 Å². The molecule has 2 fully saturated rings. The van der Waals surface area contributed by atoms with E-state index in [1.165, 1.54) is 44.9 Å². The molecule has 0 unspecified atom stereocenters. The molecule has 2 rings (SSSR count). The molecule has 0 radical (unpaired) electrons. The Labute approximate surface area is 134 Å². The fourth-order valence-electron chi connectivity index (χ4n) is 2.91. The van der Waals surface area contributed by atoms with E-state index < -0.39 is 0 Å². The first-order valence-electron chi connectivity index (χ1n) is 7.36. The third-order valence-corrected chi connectivity index (χ3v) is 4.44. The molecule has 0 heterocycles. The molecule has 0 saturated heterocycles. The van der Waals surface area contributed by atoms with Gasteiger partial charge in [0, 0.05) is 13.2 Å². The van der Waals surface area contributed by atoms with Gasteiger partial charge in [-0.3, -0.25) is 4.99 Å². The number of methoxy groups -OCH3 is 1. The van der Waals surface area contributed by atoms with E-state index in [0.717, 1.165) is 12.8 Å². The van der Waals surface area contributed by atoms with Gasteiger partial charge in [-0.1, -0.05) is 25.7 Å². The van der Waals surface area contributed by atoms with E-state index in [2.05, 4.69) is 10.3 Å². The van der Waals surface area contributed by atoms with E-state index in [-0.39, 0.29) is 29.6 Å². The molecule has 2 aliphatic carbocycles. The monoisotopic (exact) mass is 381 g/mol. The molecule has 112 valence electrons. The molecular formula is C14H28IN3O. The van der Waals surface area contributed by atoms with Crippen molar-refractivity contribution in [2.24, 2.45) is 10.7 Å². The van der Waals surface area contributed by atoms with Crippen molar-refractivity contribution in [3.05, 3.63) is 0 Å². The van der Waals surface area contributed by atoms with Crippen LogP contribution in [0.4, 0.5) is 0 Å². The molecule has 19 heavy (non-hydrogen) atoms. The lowest BCUT2D eigenvalue weighted by molar-refractivity contribution is -0.0630. The second-order valence-corrected chi connectivity index (χ2v) is 5.77. The number of nitrogens with one attached hydrogen (secondary N) is 1. The number of hydrogen-bond acceptors (Lipinski definition) is 2. The molecule has 0 aromatic heterocycles. The van der Waals surface area contributed by atoms with Crippen LogP contribution in [0.5, 0.6) is 0 Å². The summed E-state index contributed by atoms with van der Waals surface area (Å²) in [6.07, 6.45) is 11.3. The standard InChI is InChI=1S/C14H27N3O.HI/c1-18-14(9-6-10-14)11-16-13(15)17-12-7-4-2-3-5-8-12;/h12H,2-11H2,1H3,(H3,15,16,17);1H. The first kappa shape index (κ1) is 17.0. The lowest BCUT2D eigenvalue weighted by atomic mass is 9.80. The highest BCUT2D eigenvalue weighted by Gasteiger charge is 2.36. The van der Waals surface area contributed by atoms with E-state index in [1.54, 1.807) is 7.11 Å². The van der Waals surface area contributed by atoms with E-state index in [9.17, 15) is 0 Å². The third kappa shape index (κ3) is 5.10. The molecular weight excluding hydrogens is 353 g/mol. The highest BCUT2D eigenvalue weighted by Crippen LogP contribution is 2.35. The summed E-state index contributed by atoms with van der Waals surface area (Å²) in [4.78, 5) is 4.47. The zero-order valence-electron chi connectivity index (χ0n) is 12.0. The Hall–Kier alpha value is -0.0400. The van der Waals surface area contributed by atoms with Crippen LogP contribution in [-0.4, -0.2) is 31.3 Å². The molecule has 0 aliphatic heterocycles. The van der Waals surface area contributed by atoms with Gasteiger partial charge >= 0.3 is 0 Å². The number of nitrogens with two attached hydrogens (primary N) is 1. The second kappa shape index (κ2) is 8.29. The number of halogens is 1. The van der Waals surface area contributed by atoms with Crippen LogP contribution in [0.2, 0.25) is 0 Å². The summed E-state index contributed by atoms with van der Waals surface area (Å²) >= 11 is 0. The van der Waals surface area contributed by atoms with Crippen LogP contribution >= 0.6 is 24.0 Å². The van der Waals surface area contributed by atoms with Crippen molar-refractivity contribution >= 4 is 29.9 Å². The lowest BCUT2D eigenvalue weighted by Crippen LogP contribution is -2.45. The molecule has 3 N–H and O–H groups in total. The Morgan fingerprint density at radius 1 is 1.21 bits per heavy atom. The van der Waals surface area contributed by atoms with Crippen LogP contribution in [0.15, 0.2) is 4.99 Å². The molecule has 0 atom stereocenters. The molecule has 2 saturated carbocycles. The second-order valence-electron chi connectivity index (χ2n) is 5.77.